The smallest absolute Gasteiger partial charge is 0.416 e. The van der Waals surface area contributed by atoms with Crippen LogP contribution in [0.2, 0.25) is 0 Å². The number of nitrogens with one attached hydrogen (secondary N) is 2. The molecule has 8 bridgehead atoms. The number of unbranched alkanes of at least 4 members (excludes halogenated alkanes) is 4. The normalized spacial score (nSPS) is 17.5. The Kier molecular flexibility index (Phi) is 13.8. The molecule has 6 heterocycles. The number of ether oxygens (including phenoxy) is 2. The number of hydrogen-bond acceptors (Lipinski definition) is 7. The monoisotopic (exact) mass is 919 g/mol. The number of esters is 1. The second-order valence-corrected chi connectivity index (χ2v) is 17.5. The van der Waals surface area contributed by atoms with Gasteiger partial charge in [0.05, 0.1) is 70.4 Å². The van der Waals surface area contributed by atoms with E-state index in [0.717, 1.165) is 36.8 Å². The van der Waals surface area contributed by atoms with Crippen molar-refractivity contribution in [2.24, 2.45) is 0 Å². The molecule has 3 aromatic rings. The van der Waals surface area contributed by atoms with E-state index in [9.17, 15) is 40.7 Å². The van der Waals surface area contributed by atoms with Crippen molar-refractivity contribution in [3.63, 3.8) is 0 Å². The molecular formula is C50H55F6N5O5. The lowest BCUT2D eigenvalue weighted by atomic mass is 9.84. The lowest BCUT2D eigenvalue weighted by Gasteiger charge is -2.27. The highest BCUT2D eigenvalue weighted by Crippen LogP contribution is 2.45. The number of halogens is 6. The molecule has 4 aliphatic rings. The molecule has 0 saturated heterocycles. The Morgan fingerprint density at radius 3 is 2.08 bits per heavy atom. The van der Waals surface area contributed by atoms with Gasteiger partial charge in [-0.1, -0.05) is 46.5 Å². The van der Waals surface area contributed by atoms with Gasteiger partial charge in [-0.25, -0.2) is 9.97 Å². The fourth-order valence-electron chi connectivity index (χ4n) is 9.54. The average Bonchev–Trinajstić information content (AvgIpc) is 3.95. The van der Waals surface area contributed by atoms with Gasteiger partial charge in [0.15, 0.2) is 0 Å². The van der Waals surface area contributed by atoms with Gasteiger partial charge in [-0.2, -0.15) is 26.3 Å². The summed E-state index contributed by atoms with van der Waals surface area (Å²) in [7, 11) is 1.31. The number of aromatic amines is 2. The molecule has 3 atom stereocenters. The molecule has 16 heteroatoms. The fourth-order valence-corrected chi connectivity index (χ4v) is 9.54. The lowest BCUT2D eigenvalue weighted by molar-refractivity contribution is -0.143. The summed E-state index contributed by atoms with van der Waals surface area (Å²) in [6.07, 6.45) is -5.42. The Bertz CT molecular complexity index is 2690. The van der Waals surface area contributed by atoms with Crippen LogP contribution in [-0.2, 0) is 33.2 Å². The molecule has 2 amide bonds. The van der Waals surface area contributed by atoms with Gasteiger partial charge in [0.2, 0.25) is 0 Å². The lowest BCUT2D eigenvalue weighted by Crippen LogP contribution is -2.41. The minimum absolute atomic E-state index is 0.0488. The Morgan fingerprint density at radius 1 is 0.803 bits per heavy atom. The molecule has 1 aromatic carbocycles. The predicted octanol–water partition coefficient (Wildman–Crippen LogP) is 12.7. The van der Waals surface area contributed by atoms with E-state index < -0.39 is 54.0 Å². The van der Waals surface area contributed by atoms with E-state index in [1.54, 1.807) is 13.0 Å². The van der Waals surface area contributed by atoms with Crippen molar-refractivity contribution >= 4 is 51.1 Å². The number of nitrogens with zero attached hydrogens (tertiary/aromatic N) is 3. The third kappa shape index (κ3) is 9.30. The van der Waals surface area contributed by atoms with Gasteiger partial charge in [-0.05, 0) is 111 Å². The van der Waals surface area contributed by atoms with Crippen LogP contribution in [0.1, 0.15) is 182 Å². The first-order chi connectivity index (χ1) is 31.2. The average molecular weight is 920 g/mol. The SMILES string of the molecule is CCCCCCCN1C(=O)c2c3[nH]c(cc4nc(cc5nc(cc6[nH]c2c(c6C)C1=O)C(CC)=C5C)C(C(C)OCc1cc(C(F)(F)F)cc(C(F)(F)F)c1)=C4C)[C@@H](C)[C@@H]3CCC(=O)OC. The molecular weight excluding hydrogens is 865 g/mol. The van der Waals surface area contributed by atoms with E-state index in [-0.39, 0.29) is 36.4 Å². The van der Waals surface area contributed by atoms with Gasteiger partial charge in [-0.3, -0.25) is 19.3 Å². The van der Waals surface area contributed by atoms with Gasteiger partial charge < -0.3 is 19.4 Å². The second kappa shape index (κ2) is 18.8. The number of H-pyrrole nitrogens is 2. The summed E-state index contributed by atoms with van der Waals surface area (Å²) in [5.41, 5.74) is 5.46. The van der Waals surface area contributed by atoms with Crippen molar-refractivity contribution in [3.8, 4) is 0 Å². The maximum Gasteiger partial charge on any atom is 0.416 e. The number of aromatic nitrogens is 4. The number of amides is 2. The molecule has 4 aliphatic heterocycles. The molecule has 0 spiro atoms. The molecule has 66 heavy (non-hydrogen) atoms. The van der Waals surface area contributed by atoms with Crippen LogP contribution >= 0.6 is 0 Å². The van der Waals surface area contributed by atoms with Crippen LogP contribution in [0, 0.1) is 6.92 Å². The zero-order valence-electron chi connectivity index (χ0n) is 38.4. The molecule has 0 saturated carbocycles. The molecule has 10 nitrogen and oxygen atoms in total. The highest BCUT2D eigenvalue weighted by atomic mass is 19.4. The van der Waals surface area contributed by atoms with Crippen LogP contribution in [0.15, 0.2) is 36.4 Å². The van der Waals surface area contributed by atoms with Crippen LogP contribution in [0.4, 0.5) is 26.3 Å². The minimum atomic E-state index is -5.02. The Morgan fingerprint density at radius 2 is 1.44 bits per heavy atom. The predicted molar refractivity (Wildman–Crippen MR) is 240 cm³/mol. The summed E-state index contributed by atoms with van der Waals surface area (Å²) < 4.78 is 93.8. The molecule has 1 unspecified atom stereocenters. The van der Waals surface area contributed by atoms with E-state index in [4.69, 9.17) is 19.4 Å². The maximum atomic E-state index is 14.9. The fraction of sp³-hybridized carbons (Fsp3) is 0.460. The van der Waals surface area contributed by atoms with Crippen LogP contribution in [0.25, 0.3) is 33.3 Å². The minimum Gasteiger partial charge on any atom is -0.469 e. The van der Waals surface area contributed by atoms with Gasteiger partial charge in [-0.15, -0.1) is 0 Å². The molecule has 0 radical (unpaired) electrons. The van der Waals surface area contributed by atoms with E-state index in [0.29, 0.717) is 104 Å². The number of rotatable bonds is 14. The van der Waals surface area contributed by atoms with Crippen LogP contribution in [0.5, 0.6) is 0 Å². The second-order valence-electron chi connectivity index (χ2n) is 17.5. The van der Waals surface area contributed by atoms with Crippen molar-refractivity contribution in [2.75, 3.05) is 13.7 Å². The quantitative estimate of drug-likeness (QED) is 0.0712. The molecule has 0 fully saturated rings. The number of aryl methyl sites for hydroxylation is 1. The Labute approximate surface area is 379 Å². The number of hydrogen-bond donors (Lipinski definition) is 2. The Balaban J connectivity index is 1.45. The highest BCUT2D eigenvalue weighted by Gasteiger charge is 2.41. The van der Waals surface area contributed by atoms with E-state index >= 15 is 0 Å². The van der Waals surface area contributed by atoms with Crippen molar-refractivity contribution in [2.45, 2.75) is 137 Å². The number of fused-ring (bicyclic) bond motifs is 8. The van der Waals surface area contributed by atoms with Crippen LogP contribution in [-0.4, -0.2) is 62.4 Å². The van der Waals surface area contributed by atoms with Crippen LogP contribution in [0.3, 0.4) is 0 Å². The van der Waals surface area contributed by atoms with Crippen molar-refractivity contribution in [3.05, 3.63) is 104 Å². The highest BCUT2D eigenvalue weighted by molar-refractivity contribution is 6.23. The molecule has 0 aliphatic carbocycles. The molecule has 2 aromatic heterocycles. The maximum absolute atomic E-state index is 14.9. The van der Waals surface area contributed by atoms with Gasteiger partial charge in [0, 0.05) is 47.3 Å². The van der Waals surface area contributed by atoms with Crippen LogP contribution < -0.4 is 0 Å². The third-order valence-corrected chi connectivity index (χ3v) is 13.3. The first-order valence-electron chi connectivity index (χ1n) is 22.5. The third-order valence-electron chi connectivity index (χ3n) is 13.3. The van der Waals surface area contributed by atoms with Crippen molar-refractivity contribution < 1.29 is 50.2 Å². The number of imide groups is 1. The van der Waals surface area contributed by atoms with Gasteiger partial charge in [0.25, 0.3) is 11.8 Å². The van der Waals surface area contributed by atoms with E-state index in [1.807, 2.05) is 46.8 Å². The number of methoxy groups -OCH3 is 1. The molecule has 352 valence electrons. The van der Waals surface area contributed by atoms with E-state index in [2.05, 4.69) is 16.9 Å². The summed E-state index contributed by atoms with van der Waals surface area (Å²) in [6, 6.07) is 6.91. The zero-order chi connectivity index (χ0) is 48.0. The Hall–Kier alpha value is -5.77. The van der Waals surface area contributed by atoms with Gasteiger partial charge >= 0.3 is 18.3 Å². The summed E-state index contributed by atoms with van der Waals surface area (Å²) in [5, 5.41) is 0. The summed E-state index contributed by atoms with van der Waals surface area (Å²) in [4.78, 5) is 60.5. The van der Waals surface area contributed by atoms with Gasteiger partial charge in [0.1, 0.15) is 0 Å². The first-order valence-corrected chi connectivity index (χ1v) is 22.5. The standard InChI is InChI=1S/C50H55F6N5O5/c1-9-11-12-13-14-17-61-47(63)43-28(6)38-22-39-33(10-2)25(3)35(57-39)23-40-42(29(7)66-24-30-18-31(49(51,52)53)20-32(19-30)50(54,55)56)27(5)37(58-40)21-36-26(4)34(15-16-41(62)65-8)45(59-36)44(48(61)64)46(43)60-38/h18-23,26,29,34,59-60H,9-17,24H2,1-8H3/t26-,29?,34-/m0/s1. The number of alkyl halides is 6. The van der Waals surface area contributed by atoms with Crippen molar-refractivity contribution in [1.82, 2.24) is 24.8 Å². The first kappa shape index (κ1) is 48.2. The summed E-state index contributed by atoms with van der Waals surface area (Å²) >= 11 is 0. The van der Waals surface area contributed by atoms with Crippen molar-refractivity contribution in [1.29, 1.82) is 0 Å². The number of carbonyl (C=O) groups is 3. The van der Waals surface area contributed by atoms with E-state index in [1.165, 1.54) is 12.0 Å². The number of carbonyl (C=O) groups excluding carboxylic acids is 3. The summed E-state index contributed by atoms with van der Waals surface area (Å²) in [6.45, 7) is 13.0. The molecule has 2 N–H and O–H groups in total. The molecule has 7 rings (SSSR count). The number of allylic oxidation sites excluding steroid dienone is 3. The zero-order valence-corrected chi connectivity index (χ0v) is 38.4. The largest absolute Gasteiger partial charge is 0.469 e. The summed E-state index contributed by atoms with van der Waals surface area (Å²) in [5.74, 6) is -2.00. The number of benzene rings is 1. The topological polar surface area (TPSA) is 130 Å².